The molecule has 1 unspecified atom stereocenters. The fourth-order valence-electron chi connectivity index (χ4n) is 1.69. The Labute approximate surface area is 92.4 Å². The average molecular weight is 235 g/mol. The lowest BCUT2D eigenvalue weighted by Gasteiger charge is -2.16. The van der Waals surface area contributed by atoms with E-state index >= 15 is 0 Å². The third-order valence-electron chi connectivity index (χ3n) is 2.53. The molecular weight excluding hydrogens is 219 g/mol. The summed E-state index contributed by atoms with van der Waals surface area (Å²) in [5.41, 5.74) is 5.11. The number of aryl methyl sites for hydroxylation is 1. The average Bonchev–Trinajstić information content (AvgIpc) is 2.56. The Kier molecular flexibility index (Phi) is 3.96. The summed E-state index contributed by atoms with van der Waals surface area (Å²) in [6.45, 7) is 3.98. The van der Waals surface area contributed by atoms with E-state index in [9.17, 15) is 13.2 Å². The first-order chi connectivity index (χ1) is 7.40. The second-order valence-electron chi connectivity index (χ2n) is 3.75. The van der Waals surface area contributed by atoms with E-state index in [4.69, 9.17) is 5.73 Å². The standard InChI is InChI=1S/C10H16F3N3/c1-3-8(4-5-14)16-7(2)6-9(15-16)10(11,12)13/h6,8H,3-5,14H2,1-2H3. The first kappa shape index (κ1) is 13.0. The highest BCUT2D eigenvalue weighted by Gasteiger charge is 2.34. The molecule has 0 aliphatic carbocycles. The number of halogens is 3. The van der Waals surface area contributed by atoms with E-state index in [1.54, 1.807) is 6.92 Å². The van der Waals surface area contributed by atoms with E-state index in [0.29, 0.717) is 18.7 Å². The summed E-state index contributed by atoms with van der Waals surface area (Å²) in [5.74, 6) is 0. The highest BCUT2D eigenvalue weighted by atomic mass is 19.4. The van der Waals surface area contributed by atoms with Crippen LogP contribution in [-0.2, 0) is 6.18 Å². The second kappa shape index (κ2) is 4.86. The van der Waals surface area contributed by atoms with Gasteiger partial charge in [0.25, 0.3) is 0 Å². The van der Waals surface area contributed by atoms with Gasteiger partial charge >= 0.3 is 6.18 Å². The van der Waals surface area contributed by atoms with E-state index in [1.807, 2.05) is 6.92 Å². The van der Waals surface area contributed by atoms with Gasteiger partial charge in [0.15, 0.2) is 5.69 Å². The zero-order chi connectivity index (χ0) is 12.3. The molecule has 0 fully saturated rings. The van der Waals surface area contributed by atoms with Crippen LogP contribution in [0.4, 0.5) is 13.2 Å². The van der Waals surface area contributed by atoms with E-state index in [0.717, 1.165) is 12.5 Å². The highest BCUT2D eigenvalue weighted by Crippen LogP contribution is 2.30. The minimum atomic E-state index is -4.38. The summed E-state index contributed by atoms with van der Waals surface area (Å²) >= 11 is 0. The van der Waals surface area contributed by atoms with Gasteiger partial charge in [0.05, 0.1) is 6.04 Å². The van der Waals surface area contributed by atoms with Gasteiger partial charge in [0.2, 0.25) is 0 Å². The van der Waals surface area contributed by atoms with Crippen LogP contribution in [0.3, 0.4) is 0 Å². The monoisotopic (exact) mass is 235 g/mol. The number of alkyl halides is 3. The van der Waals surface area contributed by atoms with Gasteiger partial charge in [-0.1, -0.05) is 6.92 Å². The van der Waals surface area contributed by atoms with Gasteiger partial charge in [0.1, 0.15) is 0 Å². The molecule has 1 heterocycles. The summed E-state index contributed by atoms with van der Waals surface area (Å²) in [6.07, 6.45) is -3.02. The van der Waals surface area contributed by atoms with Crippen molar-refractivity contribution in [1.82, 2.24) is 9.78 Å². The quantitative estimate of drug-likeness (QED) is 0.871. The summed E-state index contributed by atoms with van der Waals surface area (Å²) in [5, 5.41) is 3.61. The Balaban J connectivity index is 3.00. The molecule has 1 aromatic rings. The van der Waals surface area contributed by atoms with Crippen molar-refractivity contribution in [3.05, 3.63) is 17.5 Å². The summed E-state index contributed by atoms with van der Waals surface area (Å²) in [6, 6.07) is 1.01. The number of nitrogens with zero attached hydrogens (tertiary/aromatic N) is 2. The zero-order valence-corrected chi connectivity index (χ0v) is 9.38. The molecule has 0 saturated carbocycles. The van der Waals surface area contributed by atoms with Crippen molar-refractivity contribution < 1.29 is 13.2 Å². The molecule has 0 aliphatic rings. The number of aromatic nitrogens is 2. The molecule has 0 bridgehead atoms. The second-order valence-corrected chi connectivity index (χ2v) is 3.75. The molecule has 0 aliphatic heterocycles. The number of rotatable bonds is 4. The molecular formula is C10H16F3N3. The Morgan fingerprint density at radius 2 is 2.12 bits per heavy atom. The Morgan fingerprint density at radius 3 is 2.50 bits per heavy atom. The van der Waals surface area contributed by atoms with Gasteiger partial charge in [-0.3, -0.25) is 4.68 Å². The lowest BCUT2D eigenvalue weighted by atomic mass is 10.1. The van der Waals surface area contributed by atoms with Crippen LogP contribution >= 0.6 is 0 Å². The molecule has 16 heavy (non-hydrogen) atoms. The van der Waals surface area contributed by atoms with E-state index in [1.165, 1.54) is 4.68 Å². The van der Waals surface area contributed by atoms with Crippen LogP contribution in [0.15, 0.2) is 6.07 Å². The minimum absolute atomic E-state index is 0.0545. The van der Waals surface area contributed by atoms with Crippen molar-refractivity contribution in [2.24, 2.45) is 5.73 Å². The van der Waals surface area contributed by atoms with Crippen LogP contribution in [0.5, 0.6) is 0 Å². The van der Waals surface area contributed by atoms with Gasteiger partial charge in [-0.05, 0) is 32.4 Å². The smallest absolute Gasteiger partial charge is 0.330 e. The van der Waals surface area contributed by atoms with Gasteiger partial charge in [0, 0.05) is 5.69 Å². The maximum Gasteiger partial charge on any atom is 0.435 e. The van der Waals surface area contributed by atoms with Crippen LogP contribution in [0.2, 0.25) is 0 Å². The number of hydrogen-bond donors (Lipinski definition) is 1. The normalized spacial score (nSPS) is 14.1. The van der Waals surface area contributed by atoms with Crippen LogP contribution in [-0.4, -0.2) is 16.3 Å². The van der Waals surface area contributed by atoms with Crippen molar-refractivity contribution >= 4 is 0 Å². The van der Waals surface area contributed by atoms with E-state index in [2.05, 4.69) is 5.10 Å². The lowest BCUT2D eigenvalue weighted by Crippen LogP contribution is -2.16. The predicted molar refractivity (Wildman–Crippen MR) is 55.0 cm³/mol. The molecule has 0 saturated heterocycles. The topological polar surface area (TPSA) is 43.8 Å². The summed E-state index contributed by atoms with van der Waals surface area (Å²) in [7, 11) is 0. The van der Waals surface area contributed by atoms with Gasteiger partial charge in [-0.2, -0.15) is 18.3 Å². The van der Waals surface area contributed by atoms with Crippen molar-refractivity contribution in [2.75, 3.05) is 6.54 Å². The molecule has 2 N–H and O–H groups in total. The Morgan fingerprint density at radius 1 is 1.50 bits per heavy atom. The van der Waals surface area contributed by atoms with E-state index < -0.39 is 11.9 Å². The third-order valence-corrected chi connectivity index (χ3v) is 2.53. The van der Waals surface area contributed by atoms with Gasteiger partial charge < -0.3 is 5.73 Å². The molecule has 1 rings (SSSR count). The molecule has 3 nitrogen and oxygen atoms in total. The van der Waals surface area contributed by atoms with Crippen molar-refractivity contribution in [3.8, 4) is 0 Å². The molecule has 0 aromatic carbocycles. The highest BCUT2D eigenvalue weighted by molar-refractivity contribution is 5.12. The van der Waals surface area contributed by atoms with Gasteiger partial charge in [-0.25, -0.2) is 0 Å². The molecule has 0 spiro atoms. The maximum atomic E-state index is 12.4. The van der Waals surface area contributed by atoms with Gasteiger partial charge in [-0.15, -0.1) is 0 Å². The third kappa shape index (κ3) is 2.75. The summed E-state index contributed by atoms with van der Waals surface area (Å²) < 4.78 is 38.7. The SMILES string of the molecule is CCC(CCN)n1nc(C(F)(F)F)cc1C. The van der Waals surface area contributed by atoms with Crippen LogP contribution in [0.25, 0.3) is 0 Å². The van der Waals surface area contributed by atoms with Crippen molar-refractivity contribution in [3.63, 3.8) is 0 Å². The Hall–Kier alpha value is -1.04. The molecule has 0 radical (unpaired) electrons. The fraction of sp³-hybridized carbons (Fsp3) is 0.700. The minimum Gasteiger partial charge on any atom is -0.330 e. The van der Waals surface area contributed by atoms with Crippen LogP contribution in [0, 0.1) is 6.92 Å². The van der Waals surface area contributed by atoms with Crippen LogP contribution in [0.1, 0.15) is 37.2 Å². The molecule has 92 valence electrons. The molecule has 1 atom stereocenters. The van der Waals surface area contributed by atoms with E-state index in [-0.39, 0.29) is 6.04 Å². The molecule has 0 amide bonds. The molecule has 1 aromatic heterocycles. The number of hydrogen-bond acceptors (Lipinski definition) is 2. The van der Waals surface area contributed by atoms with Crippen molar-refractivity contribution in [2.45, 2.75) is 38.9 Å². The summed E-state index contributed by atoms with van der Waals surface area (Å²) in [4.78, 5) is 0. The lowest BCUT2D eigenvalue weighted by molar-refractivity contribution is -0.141. The van der Waals surface area contributed by atoms with Crippen molar-refractivity contribution in [1.29, 1.82) is 0 Å². The largest absolute Gasteiger partial charge is 0.435 e. The fourth-order valence-corrected chi connectivity index (χ4v) is 1.69. The zero-order valence-electron chi connectivity index (χ0n) is 9.38. The Bertz CT molecular complexity index is 344. The number of nitrogens with two attached hydrogens (primary N) is 1. The molecule has 6 heteroatoms. The first-order valence-corrected chi connectivity index (χ1v) is 5.23. The van der Waals surface area contributed by atoms with Crippen LogP contribution < -0.4 is 5.73 Å². The first-order valence-electron chi connectivity index (χ1n) is 5.23. The maximum absolute atomic E-state index is 12.4. The predicted octanol–water partition coefficient (Wildman–Crippen LogP) is 2.51.